The molecule has 0 aromatic heterocycles. The van der Waals surface area contributed by atoms with Crippen LogP contribution < -0.4 is 0 Å². The number of benzene rings is 2. The second-order valence-corrected chi connectivity index (χ2v) is 6.07. The third-order valence-corrected chi connectivity index (χ3v) is 3.89. The third kappa shape index (κ3) is 3.61. The smallest absolute Gasteiger partial charge is 0.327 e. The Morgan fingerprint density at radius 2 is 1.71 bits per heavy atom. The summed E-state index contributed by atoms with van der Waals surface area (Å²) in [5, 5.41) is 0.687. The maximum atomic E-state index is 12.4. The zero-order valence-corrected chi connectivity index (χ0v) is 13.9. The van der Waals surface area contributed by atoms with E-state index >= 15 is 0 Å². The SMILES string of the molecule is O=C1O/C(=C\OCc2ccccc2)C(=O)C1c1cc(Cl)cc(Cl)c1. The molecule has 122 valence electrons. The Balaban J connectivity index is 1.75. The van der Waals surface area contributed by atoms with Gasteiger partial charge in [0.25, 0.3) is 0 Å². The van der Waals surface area contributed by atoms with E-state index in [1.165, 1.54) is 24.5 Å². The number of halogens is 2. The van der Waals surface area contributed by atoms with E-state index in [0.717, 1.165) is 5.56 Å². The third-order valence-electron chi connectivity index (χ3n) is 3.45. The lowest BCUT2D eigenvalue weighted by Crippen LogP contribution is -2.12. The summed E-state index contributed by atoms with van der Waals surface area (Å²) >= 11 is 11.8. The highest BCUT2D eigenvalue weighted by Crippen LogP contribution is 2.33. The molecule has 24 heavy (non-hydrogen) atoms. The highest BCUT2D eigenvalue weighted by molar-refractivity contribution is 6.35. The molecule has 0 N–H and O–H groups in total. The molecule has 1 heterocycles. The predicted molar refractivity (Wildman–Crippen MR) is 89.6 cm³/mol. The van der Waals surface area contributed by atoms with Gasteiger partial charge in [-0.15, -0.1) is 0 Å². The van der Waals surface area contributed by atoms with Gasteiger partial charge >= 0.3 is 5.97 Å². The van der Waals surface area contributed by atoms with Crippen molar-refractivity contribution in [3.63, 3.8) is 0 Å². The monoisotopic (exact) mass is 362 g/mol. The minimum absolute atomic E-state index is 0.128. The largest absolute Gasteiger partial charge is 0.492 e. The summed E-state index contributed by atoms with van der Waals surface area (Å²) in [4.78, 5) is 24.4. The normalized spacial score (nSPS) is 18.8. The second kappa shape index (κ2) is 7.07. The number of ether oxygens (including phenoxy) is 2. The highest BCUT2D eigenvalue weighted by Gasteiger charge is 2.41. The van der Waals surface area contributed by atoms with Crippen molar-refractivity contribution in [2.75, 3.05) is 0 Å². The number of Topliss-reactive ketones (excluding diaryl/α,β-unsaturated/α-hetero) is 1. The van der Waals surface area contributed by atoms with Crippen LogP contribution in [-0.4, -0.2) is 11.8 Å². The van der Waals surface area contributed by atoms with Gasteiger partial charge in [0.05, 0.1) is 0 Å². The fourth-order valence-corrected chi connectivity index (χ4v) is 2.91. The number of cyclic esters (lactones) is 1. The first-order chi connectivity index (χ1) is 11.5. The molecule has 1 unspecified atom stereocenters. The molecule has 0 spiro atoms. The second-order valence-electron chi connectivity index (χ2n) is 5.20. The average Bonchev–Trinajstić information content (AvgIpc) is 2.81. The fraction of sp³-hybridized carbons (Fsp3) is 0.111. The molecule has 0 amide bonds. The van der Waals surface area contributed by atoms with Crippen molar-refractivity contribution in [1.29, 1.82) is 0 Å². The van der Waals surface area contributed by atoms with E-state index in [9.17, 15) is 9.59 Å². The molecule has 1 atom stereocenters. The number of carbonyl (C=O) groups excluding carboxylic acids is 2. The van der Waals surface area contributed by atoms with Crippen LogP contribution in [0, 0.1) is 0 Å². The van der Waals surface area contributed by atoms with Gasteiger partial charge in [-0.1, -0.05) is 53.5 Å². The van der Waals surface area contributed by atoms with Crippen molar-refractivity contribution in [2.45, 2.75) is 12.5 Å². The Morgan fingerprint density at radius 3 is 2.38 bits per heavy atom. The summed E-state index contributed by atoms with van der Waals surface area (Å²) < 4.78 is 10.4. The molecule has 4 nitrogen and oxygen atoms in total. The molecular weight excluding hydrogens is 351 g/mol. The number of allylic oxidation sites excluding steroid dienone is 1. The molecule has 2 aromatic carbocycles. The van der Waals surface area contributed by atoms with Crippen LogP contribution in [0.4, 0.5) is 0 Å². The van der Waals surface area contributed by atoms with Crippen LogP contribution >= 0.6 is 23.2 Å². The van der Waals surface area contributed by atoms with Gasteiger partial charge in [0.2, 0.25) is 11.5 Å². The first kappa shape index (κ1) is 16.6. The molecular formula is C18H12Cl2O4. The molecule has 6 heteroatoms. The van der Waals surface area contributed by atoms with Crippen molar-refractivity contribution in [3.8, 4) is 0 Å². The lowest BCUT2D eigenvalue weighted by Gasteiger charge is -2.05. The van der Waals surface area contributed by atoms with Crippen LogP contribution in [-0.2, 0) is 25.7 Å². The van der Waals surface area contributed by atoms with Gasteiger partial charge in [0.15, 0.2) is 0 Å². The zero-order chi connectivity index (χ0) is 17.1. The van der Waals surface area contributed by atoms with Gasteiger partial charge in [0, 0.05) is 10.0 Å². The van der Waals surface area contributed by atoms with E-state index in [4.69, 9.17) is 32.7 Å². The molecule has 1 aliphatic heterocycles. The molecule has 3 rings (SSSR count). The summed E-state index contributed by atoms with van der Waals surface area (Å²) in [6, 6.07) is 14.0. The maximum absolute atomic E-state index is 12.4. The van der Waals surface area contributed by atoms with Crippen molar-refractivity contribution < 1.29 is 19.1 Å². The Bertz CT molecular complexity index is 795. The van der Waals surface area contributed by atoms with E-state index in [0.29, 0.717) is 15.6 Å². The van der Waals surface area contributed by atoms with Gasteiger partial charge in [-0.25, -0.2) is 0 Å². The molecule has 1 aliphatic rings. The van der Waals surface area contributed by atoms with E-state index in [1.54, 1.807) is 0 Å². The van der Waals surface area contributed by atoms with Crippen molar-refractivity contribution >= 4 is 35.0 Å². The first-order valence-electron chi connectivity index (χ1n) is 7.12. The Labute approximate surface area is 148 Å². The Morgan fingerprint density at radius 1 is 1.04 bits per heavy atom. The van der Waals surface area contributed by atoms with Gasteiger partial charge in [0.1, 0.15) is 18.8 Å². The van der Waals surface area contributed by atoms with Gasteiger partial charge in [-0.05, 0) is 29.3 Å². The van der Waals surface area contributed by atoms with Crippen molar-refractivity contribution in [3.05, 3.63) is 81.7 Å². The molecule has 2 aromatic rings. The Hall–Kier alpha value is -2.30. The quantitative estimate of drug-likeness (QED) is 0.353. The van der Waals surface area contributed by atoms with Crippen LogP contribution in [0.25, 0.3) is 0 Å². The summed E-state index contributed by atoms with van der Waals surface area (Å²) in [5.74, 6) is -2.36. The zero-order valence-electron chi connectivity index (χ0n) is 12.4. The number of hydrogen-bond acceptors (Lipinski definition) is 4. The standard InChI is InChI=1S/C18H12Cl2O4/c19-13-6-12(7-14(20)8-13)16-17(21)15(24-18(16)22)10-23-9-11-4-2-1-3-5-11/h1-8,10,16H,9H2/b15-10-. The summed E-state index contributed by atoms with van der Waals surface area (Å²) in [6.07, 6.45) is 1.17. The number of esters is 1. The number of ketones is 1. The van der Waals surface area contributed by atoms with Crippen molar-refractivity contribution in [2.24, 2.45) is 0 Å². The number of rotatable bonds is 4. The first-order valence-corrected chi connectivity index (χ1v) is 7.88. The van der Waals surface area contributed by atoms with E-state index in [1.807, 2.05) is 30.3 Å². The summed E-state index contributed by atoms with van der Waals surface area (Å²) in [5.41, 5.74) is 1.33. The number of hydrogen-bond donors (Lipinski definition) is 0. The number of carbonyl (C=O) groups is 2. The summed E-state index contributed by atoms with van der Waals surface area (Å²) in [6.45, 7) is 0.267. The Kier molecular flexibility index (Phi) is 4.88. The maximum Gasteiger partial charge on any atom is 0.327 e. The lowest BCUT2D eigenvalue weighted by molar-refractivity contribution is -0.137. The van der Waals surface area contributed by atoms with E-state index in [-0.39, 0.29) is 12.4 Å². The van der Waals surface area contributed by atoms with E-state index < -0.39 is 17.7 Å². The molecule has 0 saturated carbocycles. The minimum Gasteiger partial charge on any atom is -0.492 e. The van der Waals surface area contributed by atoms with Crippen molar-refractivity contribution in [1.82, 2.24) is 0 Å². The molecule has 0 aliphatic carbocycles. The van der Waals surface area contributed by atoms with E-state index in [2.05, 4.69) is 0 Å². The van der Waals surface area contributed by atoms with Gasteiger partial charge in [-0.2, -0.15) is 0 Å². The predicted octanol–water partition coefficient (Wildman–Crippen LogP) is 4.26. The van der Waals surface area contributed by atoms with Gasteiger partial charge < -0.3 is 9.47 Å². The van der Waals surface area contributed by atoms with Crippen LogP contribution in [0.15, 0.2) is 60.6 Å². The van der Waals surface area contributed by atoms with Crippen LogP contribution in [0.2, 0.25) is 10.0 Å². The highest BCUT2D eigenvalue weighted by atomic mass is 35.5. The lowest BCUT2D eigenvalue weighted by atomic mass is 9.96. The molecule has 0 radical (unpaired) electrons. The fourth-order valence-electron chi connectivity index (χ4n) is 2.37. The van der Waals surface area contributed by atoms with Gasteiger partial charge in [-0.3, -0.25) is 9.59 Å². The van der Waals surface area contributed by atoms with Crippen LogP contribution in [0.5, 0.6) is 0 Å². The topological polar surface area (TPSA) is 52.6 Å². The van der Waals surface area contributed by atoms with Crippen LogP contribution in [0.3, 0.4) is 0 Å². The molecule has 1 fully saturated rings. The van der Waals surface area contributed by atoms with Crippen LogP contribution in [0.1, 0.15) is 17.0 Å². The molecule has 0 bridgehead atoms. The summed E-state index contributed by atoms with van der Waals surface area (Å²) in [7, 11) is 0. The minimum atomic E-state index is -1.08. The molecule has 1 saturated heterocycles. The average molecular weight is 363 g/mol.